The lowest BCUT2D eigenvalue weighted by molar-refractivity contribution is -0.0515. The highest BCUT2D eigenvalue weighted by Gasteiger charge is 2.23. The maximum Gasteiger partial charge on any atom is 0.387 e. The molecule has 0 amide bonds. The van der Waals surface area contributed by atoms with Gasteiger partial charge in [-0.3, -0.25) is 0 Å². The topological polar surface area (TPSA) is 44.5 Å². The van der Waals surface area contributed by atoms with Crippen molar-refractivity contribution in [2.75, 3.05) is 6.61 Å². The number of hydrogen-bond acceptors (Lipinski definition) is 3. The Bertz CT molecular complexity index is 422. The molecule has 1 fully saturated rings. The van der Waals surface area contributed by atoms with Gasteiger partial charge in [-0.05, 0) is 42.9 Å². The number of rotatable bonds is 7. The molecule has 0 aromatic heterocycles. The smallest absolute Gasteiger partial charge is 0.387 e. The Labute approximate surface area is 111 Å². The fourth-order valence-corrected chi connectivity index (χ4v) is 1.79. The zero-order chi connectivity index (χ0) is 13.8. The maximum absolute atomic E-state index is 12.3. The van der Waals surface area contributed by atoms with Gasteiger partial charge in [0.15, 0.2) is 11.5 Å². The molecule has 1 aliphatic rings. The van der Waals surface area contributed by atoms with E-state index in [4.69, 9.17) is 10.5 Å². The van der Waals surface area contributed by atoms with Crippen LogP contribution in [0.25, 0.3) is 0 Å². The van der Waals surface area contributed by atoms with Gasteiger partial charge in [0.1, 0.15) is 0 Å². The van der Waals surface area contributed by atoms with E-state index in [1.54, 1.807) is 12.1 Å². The molecule has 5 heteroatoms. The van der Waals surface area contributed by atoms with E-state index in [1.165, 1.54) is 6.07 Å². The summed E-state index contributed by atoms with van der Waals surface area (Å²) in [4.78, 5) is 0. The van der Waals surface area contributed by atoms with Crippen LogP contribution in [-0.4, -0.2) is 13.2 Å². The largest absolute Gasteiger partial charge is 0.489 e. The molecule has 0 radical (unpaired) electrons. The van der Waals surface area contributed by atoms with Crippen LogP contribution in [0.2, 0.25) is 0 Å². The molecule has 1 unspecified atom stereocenters. The summed E-state index contributed by atoms with van der Waals surface area (Å²) >= 11 is 0. The molecule has 0 aliphatic heterocycles. The van der Waals surface area contributed by atoms with Crippen molar-refractivity contribution in [2.24, 2.45) is 11.7 Å². The van der Waals surface area contributed by atoms with E-state index in [0.29, 0.717) is 18.3 Å². The van der Waals surface area contributed by atoms with E-state index in [-0.39, 0.29) is 11.8 Å². The first kappa shape index (κ1) is 14.1. The van der Waals surface area contributed by atoms with E-state index in [0.717, 1.165) is 24.8 Å². The van der Waals surface area contributed by atoms with Crippen LogP contribution in [0.4, 0.5) is 8.78 Å². The van der Waals surface area contributed by atoms with Crippen molar-refractivity contribution in [3.8, 4) is 11.5 Å². The van der Waals surface area contributed by atoms with Crippen LogP contribution in [0, 0.1) is 5.92 Å². The first-order valence-corrected chi connectivity index (χ1v) is 6.57. The maximum atomic E-state index is 12.3. The van der Waals surface area contributed by atoms with Gasteiger partial charge in [-0.25, -0.2) is 0 Å². The molecule has 3 nitrogen and oxygen atoms in total. The van der Waals surface area contributed by atoms with Gasteiger partial charge >= 0.3 is 6.61 Å². The molecule has 0 saturated heterocycles. The summed E-state index contributed by atoms with van der Waals surface area (Å²) in [5.41, 5.74) is 6.81. The van der Waals surface area contributed by atoms with Crippen molar-refractivity contribution in [3.63, 3.8) is 0 Å². The average molecular weight is 271 g/mol. The number of alkyl halides is 2. The van der Waals surface area contributed by atoms with Gasteiger partial charge in [-0.15, -0.1) is 0 Å². The van der Waals surface area contributed by atoms with Gasteiger partial charge in [0, 0.05) is 6.04 Å². The van der Waals surface area contributed by atoms with Crippen molar-refractivity contribution in [2.45, 2.75) is 38.8 Å². The van der Waals surface area contributed by atoms with Crippen LogP contribution < -0.4 is 15.2 Å². The second kappa shape index (κ2) is 6.19. The second-order valence-electron chi connectivity index (χ2n) is 4.85. The highest BCUT2D eigenvalue weighted by atomic mass is 19.3. The van der Waals surface area contributed by atoms with E-state index in [2.05, 4.69) is 4.74 Å². The Morgan fingerprint density at radius 1 is 1.32 bits per heavy atom. The Morgan fingerprint density at radius 2 is 2.05 bits per heavy atom. The SMILES string of the molecule is CCC(N)c1ccc(OC(F)F)c(OCC2CC2)c1. The van der Waals surface area contributed by atoms with Gasteiger partial charge in [-0.1, -0.05) is 13.0 Å². The molecular weight excluding hydrogens is 252 g/mol. The highest BCUT2D eigenvalue weighted by Crippen LogP contribution is 2.35. The Hall–Kier alpha value is -1.36. The van der Waals surface area contributed by atoms with E-state index in [1.807, 2.05) is 6.92 Å². The van der Waals surface area contributed by atoms with E-state index < -0.39 is 6.61 Å². The third-order valence-electron chi connectivity index (χ3n) is 3.22. The number of hydrogen-bond donors (Lipinski definition) is 1. The lowest BCUT2D eigenvalue weighted by Gasteiger charge is -2.16. The van der Waals surface area contributed by atoms with Gasteiger partial charge in [0.2, 0.25) is 0 Å². The monoisotopic (exact) mass is 271 g/mol. The lowest BCUT2D eigenvalue weighted by atomic mass is 10.1. The minimum Gasteiger partial charge on any atom is -0.489 e. The summed E-state index contributed by atoms with van der Waals surface area (Å²) < 4.78 is 34.7. The molecular formula is C14H19F2NO2. The van der Waals surface area contributed by atoms with Crippen LogP contribution in [0.5, 0.6) is 11.5 Å². The van der Waals surface area contributed by atoms with Crippen LogP contribution in [0.15, 0.2) is 18.2 Å². The summed E-state index contributed by atoms with van der Waals surface area (Å²) in [7, 11) is 0. The van der Waals surface area contributed by atoms with Gasteiger partial charge < -0.3 is 15.2 Å². The van der Waals surface area contributed by atoms with Crippen molar-refractivity contribution in [1.29, 1.82) is 0 Å². The highest BCUT2D eigenvalue weighted by molar-refractivity contribution is 5.44. The third kappa shape index (κ3) is 4.06. The average Bonchev–Trinajstić information content (AvgIpc) is 3.20. The summed E-state index contributed by atoms with van der Waals surface area (Å²) in [6, 6.07) is 4.78. The zero-order valence-electron chi connectivity index (χ0n) is 10.9. The minimum atomic E-state index is -2.85. The van der Waals surface area contributed by atoms with E-state index in [9.17, 15) is 8.78 Å². The van der Waals surface area contributed by atoms with E-state index >= 15 is 0 Å². The predicted octanol–water partition coefficient (Wildman–Crippen LogP) is 3.49. The first-order chi connectivity index (χ1) is 9.10. The summed E-state index contributed by atoms with van der Waals surface area (Å²) in [5, 5.41) is 0. The summed E-state index contributed by atoms with van der Waals surface area (Å²) in [5.74, 6) is 0.971. The molecule has 2 rings (SSSR count). The van der Waals surface area contributed by atoms with Crippen molar-refractivity contribution in [3.05, 3.63) is 23.8 Å². The quantitative estimate of drug-likeness (QED) is 0.825. The van der Waals surface area contributed by atoms with Crippen molar-refractivity contribution >= 4 is 0 Å². The molecule has 1 atom stereocenters. The molecule has 0 bridgehead atoms. The summed E-state index contributed by atoms with van der Waals surface area (Å²) in [6.07, 6.45) is 3.05. The lowest BCUT2D eigenvalue weighted by Crippen LogP contribution is -2.11. The molecule has 19 heavy (non-hydrogen) atoms. The number of nitrogens with two attached hydrogens (primary N) is 1. The van der Waals surface area contributed by atoms with Crippen LogP contribution in [-0.2, 0) is 0 Å². The normalized spacial score (nSPS) is 16.5. The minimum absolute atomic E-state index is 0.0719. The fourth-order valence-electron chi connectivity index (χ4n) is 1.79. The Morgan fingerprint density at radius 3 is 2.63 bits per heavy atom. The Kier molecular flexibility index (Phi) is 4.58. The number of ether oxygens (including phenoxy) is 2. The molecule has 1 saturated carbocycles. The third-order valence-corrected chi connectivity index (χ3v) is 3.22. The van der Waals surface area contributed by atoms with Gasteiger partial charge in [-0.2, -0.15) is 8.78 Å². The molecule has 1 aromatic carbocycles. The van der Waals surface area contributed by atoms with Crippen LogP contribution in [0.1, 0.15) is 37.8 Å². The van der Waals surface area contributed by atoms with Gasteiger partial charge in [0.25, 0.3) is 0 Å². The Balaban J connectivity index is 2.15. The second-order valence-corrected chi connectivity index (χ2v) is 4.85. The molecule has 1 aliphatic carbocycles. The first-order valence-electron chi connectivity index (χ1n) is 6.57. The molecule has 1 aromatic rings. The van der Waals surface area contributed by atoms with Gasteiger partial charge in [0.05, 0.1) is 6.61 Å². The molecule has 0 heterocycles. The number of benzene rings is 1. The van der Waals surface area contributed by atoms with Crippen LogP contribution in [0.3, 0.4) is 0 Å². The molecule has 106 valence electrons. The summed E-state index contributed by atoms with van der Waals surface area (Å²) in [6.45, 7) is -0.336. The molecule has 0 spiro atoms. The van der Waals surface area contributed by atoms with Crippen molar-refractivity contribution in [1.82, 2.24) is 0 Å². The predicted molar refractivity (Wildman–Crippen MR) is 68.5 cm³/mol. The van der Waals surface area contributed by atoms with Crippen molar-refractivity contribution < 1.29 is 18.3 Å². The fraction of sp³-hybridized carbons (Fsp3) is 0.571. The van der Waals surface area contributed by atoms with Crippen LogP contribution >= 0.6 is 0 Å². The molecule has 2 N–H and O–H groups in total. The standard InChI is InChI=1S/C14H19F2NO2/c1-2-11(17)10-5-6-12(19-14(15)16)13(7-10)18-8-9-3-4-9/h5-7,9,11,14H,2-4,8,17H2,1H3. The number of halogens is 2. The zero-order valence-corrected chi connectivity index (χ0v) is 10.9.